The van der Waals surface area contributed by atoms with Crippen molar-refractivity contribution in [2.75, 3.05) is 33.2 Å². The molecule has 30 heavy (non-hydrogen) atoms. The highest BCUT2D eigenvalue weighted by Gasteiger charge is 2.48. The number of carbonyl (C=O) groups is 2. The number of hydrogen-bond acceptors (Lipinski definition) is 3. The van der Waals surface area contributed by atoms with E-state index in [4.69, 9.17) is 0 Å². The van der Waals surface area contributed by atoms with Crippen molar-refractivity contribution in [2.45, 2.75) is 38.3 Å². The molecule has 158 valence electrons. The van der Waals surface area contributed by atoms with Gasteiger partial charge in [0.05, 0.1) is 0 Å². The summed E-state index contributed by atoms with van der Waals surface area (Å²) in [6.07, 6.45) is 2.30. The summed E-state index contributed by atoms with van der Waals surface area (Å²) in [5, 5.41) is 0. The molecule has 2 amide bonds. The first-order valence-corrected chi connectivity index (χ1v) is 10.9. The molecule has 2 aromatic carbocycles. The van der Waals surface area contributed by atoms with Crippen LogP contribution in [0.25, 0.3) is 0 Å². The van der Waals surface area contributed by atoms with Gasteiger partial charge in [-0.15, -0.1) is 0 Å². The highest BCUT2D eigenvalue weighted by atomic mass is 16.2. The van der Waals surface area contributed by atoms with Crippen LogP contribution < -0.4 is 0 Å². The number of benzene rings is 2. The van der Waals surface area contributed by atoms with Gasteiger partial charge in [-0.05, 0) is 30.2 Å². The summed E-state index contributed by atoms with van der Waals surface area (Å²) in [5.74, 6) is 0.288. The average Bonchev–Trinajstić information content (AvgIpc) is 2.98. The normalized spacial score (nSPS) is 18.2. The lowest BCUT2D eigenvalue weighted by atomic mass is 9.90. The molecule has 0 atom stereocenters. The van der Waals surface area contributed by atoms with Gasteiger partial charge in [-0.2, -0.15) is 0 Å². The highest BCUT2D eigenvalue weighted by molar-refractivity contribution is 5.88. The fourth-order valence-corrected chi connectivity index (χ4v) is 4.92. The zero-order chi connectivity index (χ0) is 21.1. The molecule has 2 aromatic rings. The molecule has 0 bridgehead atoms. The Morgan fingerprint density at radius 1 is 0.867 bits per heavy atom. The summed E-state index contributed by atoms with van der Waals surface area (Å²) in [4.78, 5) is 32.0. The summed E-state index contributed by atoms with van der Waals surface area (Å²) < 4.78 is 0. The quantitative estimate of drug-likeness (QED) is 0.786. The summed E-state index contributed by atoms with van der Waals surface area (Å²) >= 11 is 0. The minimum absolute atomic E-state index is 0.0912. The lowest BCUT2D eigenvalue weighted by Crippen LogP contribution is -2.59. The molecule has 0 saturated carbocycles. The van der Waals surface area contributed by atoms with Crippen molar-refractivity contribution in [1.82, 2.24) is 14.7 Å². The Balaban J connectivity index is 1.61. The molecular formula is C25H31N3O2. The van der Waals surface area contributed by atoms with Crippen LogP contribution in [0, 0.1) is 0 Å². The van der Waals surface area contributed by atoms with E-state index in [-0.39, 0.29) is 11.8 Å². The molecule has 5 nitrogen and oxygen atoms in total. The molecule has 0 spiro atoms. The molecule has 1 fully saturated rings. The van der Waals surface area contributed by atoms with Crippen LogP contribution in [0.4, 0.5) is 0 Å². The largest absolute Gasteiger partial charge is 0.341 e. The summed E-state index contributed by atoms with van der Waals surface area (Å²) in [6.45, 7) is 5.00. The zero-order valence-electron chi connectivity index (χ0n) is 18.0. The van der Waals surface area contributed by atoms with Gasteiger partial charge < -0.3 is 9.80 Å². The van der Waals surface area contributed by atoms with Gasteiger partial charge in [-0.1, -0.05) is 54.6 Å². The first kappa shape index (κ1) is 20.6. The second-order valence-corrected chi connectivity index (χ2v) is 8.65. The number of hydrogen-bond donors (Lipinski definition) is 0. The van der Waals surface area contributed by atoms with Crippen molar-refractivity contribution in [1.29, 1.82) is 0 Å². The number of carbonyl (C=O) groups excluding carboxylic acids is 2. The highest BCUT2D eigenvalue weighted by Crippen LogP contribution is 2.36. The second kappa shape index (κ2) is 8.60. The van der Waals surface area contributed by atoms with Gasteiger partial charge in [-0.3, -0.25) is 14.5 Å². The van der Waals surface area contributed by atoms with E-state index in [0.29, 0.717) is 19.6 Å². The summed E-state index contributed by atoms with van der Waals surface area (Å²) in [5.41, 5.74) is 3.17. The van der Waals surface area contributed by atoms with Crippen molar-refractivity contribution < 1.29 is 9.59 Å². The Labute approximate surface area is 179 Å². The van der Waals surface area contributed by atoms with Crippen LogP contribution in [-0.2, 0) is 29.0 Å². The van der Waals surface area contributed by atoms with Gasteiger partial charge in [0.15, 0.2) is 0 Å². The molecule has 1 aliphatic heterocycles. The van der Waals surface area contributed by atoms with Gasteiger partial charge >= 0.3 is 0 Å². The summed E-state index contributed by atoms with van der Waals surface area (Å²) in [7, 11) is 2.08. The molecule has 4 rings (SSSR count). The summed E-state index contributed by atoms with van der Waals surface area (Å²) in [6, 6.07) is 18.8. The van der Waals surface area contributed by atoms with Crippen molar-refractivity contribution in [3.63, 3.8) is 0 Å². The van der Waals surface area contributed by atoms with E-state index in [1.54, 1.807) is 6.92 Å². The van der Waals surface area contributed by atoms with E-state index in [2.05, 4.69) is 48.3 Å². The van der Waals surface area contributed by atoms with E-state index in [1.807, 2.05) is 28.0 Å². The third-order valence-electron chi connectivity index (χ3n) is 6.70. The molecule has 1 saturated heterocycles. The van der Waals surface area contributed by atoms with Gasteiger partial charge in [0.25, 0.3) is 0 Å². The molecule has 0 radical (unpaired) electrons. The number of rotatable bonds is 4. The third-order valence-corrected chi connectivity index (χ3v) is 6.70. The maximum atomic E-state index is 14.0. The van der Waals surface area contributed by atoms with Gasteiger partial charge in [-0.25, -0.2) is 0 Å². The van der Waals surface area contributed by atoms with Crippen LogP contribution >= 0.6 is 0 Å². The monoisotopic (exact) mass is 405 g/mol. The average molecular weight is 406 g/mol. The molecule has 1 aliphatic carbocycles. The number of amides is 2. The van der Waals surface area contributed by atoms with E-state index in [9.17, 15) is 9.59 Å². The molecular weight excluding hydrogens is 374 g/mol. The Bertz CT molecular complexity index is 887. The molecule has 0 unspecified atom stereocenters. The molecule has 0 N–H and O–H groups in total. The van der Waals surface area contributed by atoms with Crippen LogP contribution in [0.5, 0.6) is 0 Å². The second-order valence-electron chi connectivity index (χ2n) is 8.65. The molecule has 1 heterocycles. The smallest absolute Gasteiger partial charge is 0.243 e. The Morgan fingerprint density at radius 2 is 1.43 bits per heavy atom. The van der Waals surface area contributed by atoms with Gasteiger partial charge in [0.2, 0.25) is 11.8 Å². The Hall–Kier alpha value is -2.66. The predicted molar refractivity (Wildman–Crippen MR) is 118 cm³/mol. The molecule has 5 heteroatoms. The van der Waals surface area contributed by atoms with Crippen molar-refractivity contribution in [3.8, 4) is 0 Å². The number of fused-ring (bicyclic) bond motifs is 1. The number of nitrogens with zero attached hydrogens (tertiary/aromatic N) is 3. The lowest BCUT2D eigenvalue weighted by molar-refractivity contribution is -0.144. The molecule has 0 aromatic heterocycles. The zero-order valence-corrected chi connectivity index (χ0v) is 18.0. The van der Waals surface area contributed by atoms with Crippen LogP contribution in [0.1, 0.15) is 30.0 Å². The standard InChI is InChI=1S/C25H31N3O2/c1-20(29)27-13-8-14-28(16-15-27)24(30)25(17-22-11-6-7-12-23(22)18-25)26(2)19-21-9-4-3-5-10-21/h3-7,9-12H,8,13-19H2,1-2H3. The Morgan fingerprint density at radius 3 is 2.07 bits per heavy atom. The van der Waals surface area contributed by atoms with Crippen molar-refractivity contribution in [2.24, 2.45) is 0 Å². The van der Waals surface area contributed by atoms with Crippen molar-refractivity contribution in [3.05, 3.63) is 71.3 Å². The van der Waals surface area contributed by atoms with E-state index in [0.717, 1.165) is 32.4 Å². The van der Waals surface area contributed by atoms with Crippen LogP contribution in [0.2, 0.25) is 0 Å². The van der Waals surface area contributed by atoms with Crippen LogP contribution in [-0.4, -0.2) is 65.3 Å². The first-order chi connectivity index (χ1) is 14.5. The van der Waals surface area contributed by atoms with Gasteiger partial charge in [0, 0.05) is 52.5 Å². The fourth-order valence-electron chi connectivity index (χ4n) is 4.92. The van der Waals surface area contributed by atoms with Crippen LogP contribution in [0.15, 0.2) is 54.6 Å². The maximum Gasteiger partial charge on any atom is 0.243 e. The van der Waals surface area contributed by atoms with Gasteiger partial charge in [0.1, 0.15) is 5.54 Å². The first-order valence-electron chi connectivity index (χ1n) is 10.9. The van der Waals surface area contributed by atoms with E-state index in [1.165, 1.54) is 16.7 Å². The van der Waals surface area contributed by atoms with Crippen molar-refractivity contribution >= 4 is 11.8 Å². The predicted octanol–water partition coefficient (Wildman–Crippen LogP) is 2.74. The number of likely N-dealkylation sites (N-methyl/N-ethyl adjacent to an activating group) is 1. The lowest BCUT2D eigenvalue weighted by Gasteiger charge is -2.41. The van der Waals surface area contributed by atoms with E-state index >= 15 is 0 Å². The third kappa shape index (κ3) is 3.99. The fraction of sp³-hybridized carbons (Fsp3) is 0.440. The topological polar surface area (TPSA) is 43.9 Å². The molecule has 2 aliphatic rings. The minimum Gasteiger partial charge on any atom is -0.341 e. The van der Waals surface area contributed by atoms with Crippen LogP contribution in [0.3, 0.4) is 0 Å². The maximum absolute atomic E-state index is 14.0. The minimum atomic E-state index is -0.578. The van der Waals surface area contributed by atoms with E-state index < -0.39 is 5.54 Å². The Kier molecular flexibility index (Phi) is 5.91. The SMILES string of the molecule is CC(=O)N1CCCN(C(=O)C2(N(C)Cc3ccccc3)Cc3ccccc3C2)CC1.